The SMILES string of the molecule is Brc1cccc(-c2cccc(-c3ccc4c5ccccc5n(-c5ccc6ccccc6c5)c4c3)c2)c1. The number of fused-ring (bicyclic) bond motifs is 4. The number of hydrogen-bond acceptors (Lipinski definition) is 0. The lowest BCUT2D eigenvalue weighted by molar-refractivity contribution is 1.19. The Bertz CT molecular complexity index is 1910. The molecule has 0 radical (unpaired) electrons. The molecule has 0 saturated heterocycles. The summed E-state index contributed by atoms with van der Waals surface area (Å²) in [6, 6.07) is 48.1. The van der Waals surface area contributed by atoms with Gasteiger partial charge in [-0.1, -0.05) is 107 Å². The lowest BCUT2D eigenvalue weighted by Gasteiger charge is -2.11. The first-order valence-corrected chi connectivity index (χ1v) is 12.9. The third-order valence-corrected chi connectivity index (χ3v) is 7.51. The van der Waals surface area contributed by atoms with Gasteiger partial charge in [-0.3, -0.25) is 0 Å². The van der Waals surface area contributed by atoms with Gasteiger partial charge in [0.2, 0.25) is 0 Å². The zero-order valence-corrected chi connectivity index (χ0v) is 21.1. The molecule has 1 nitrogen and oxygen atoms in total. The summed E-state index contributed by atoms with van der Waals surface area (Å²) in [6.45, 7) is 0. The second kappa shape index (κ2) is 8.51. The van der Waals surface area contributed by atoms with Crippen LogP contribution in [-0.4, -0.2) is 4.57 Å². The summed E-state index contributed by atoms with van der Waals surface area (Å²) in [5.41, 5.74) is 8.47. The molecular weight excluding hydrogens is 502 g/mol. The summed E-state index contributed by atoms with van der Waals surface area (Å²) in [6.07, 6.45) is 0. The minimum absolute atomic E-state index is 1.09. The van der Waals surface area contributed by atoms with E-state index in [1.54, 1.807) is 0 Å². The van der Waals surface area contributed by atoms with E-state index in [-0.39, 0.29) is 0 Å². The van der Waals surface area contributed by atoms with E-state index in [0.717, 1.165) is 4.47 Å². The van der Waals surface area contributed by atoms with Gasteiger partial charge in [0, 0.05) is 20.9 Å². The van der Waals surface area contributed by atoms with Gasteiger partial charge in [0.05, 0.1) is 11.0 Å². The van der Waals surface area contributed by atoms with Crippen molar-refractivity contribution < 1.29 is 0 Å². The van der Waals surface area contributed by atoms with E-state index in [2.05, 4.69) is 154 Å². The zero-order valence-electron chi connectivity index (χ0n) is 19.5. The van der Waals surface area contributed by atoms with Gasteiger partial charge in [-0.15, -0.1) is 0 Å². The number of halogens is 1. The molecule has 0 bridgehead atoms. The molecule has 0 atom stereocenters. The number of para-hydroxylation sites is 1. The maximum absolute atomic E-state index is 3.61. The van der Waals surface area contributed by atoms with E-state index >= 15 is 0 Å². The minimum Gasteiger partial charge on any atom is -0.309 e. The fourth-order valence-electron chi connectivity index (χ4n) is 5.29. The van der Waals surface area contributed by atoms with Gasteiger partial charge in [-0.2, -0.15) is 0 Å². The first-order chi connectivity index (χ1) is 17.7. The fourth-order valence-corrected chi connectivity index (χ4v) is 5.69. The van der Waals surface area contributed by atoms with Gasteiger partial charge in [0.25, 0.3) is 0 Å². The Morgan fingerprint density at radius 1 is 0.417 bits per heavy atom. The van der Waals surface area contributed by atoms with Crippen molar-refractivity contribution in [2.24, 2.45) is 0 Å². The third kappa shape index (κ3) is 3.54. The van der Waals surface area contributed by atoms with Crippen molar-refractivity contribution in [3.05, 3.63) is 138 Å². The van der Waals surface area contributed by atoms with E-state index in [9.17, 15) is 0 Å². The molecular formula is C34H22BrN. The van der Waals surface area contributed by atoms with Gasteiger partial charge < -0.3 is 4.57 Å². The van der Waals surface area contributed by atoms with Crippen LogP contribution >= 0.6 is 15.9 Å². The van der Waals surface area contributed by atoms with Crippen molar-refractivity contribution in [3.63, 3.8) is 0 Å². The molecule has 170 valence electrons. The summed E-state index contributed by atoms with van der Waals surface area (Å²) in [7, 11) is 0. The molecule has 0 amide bonds. The third-order valence-electron chi connectivity index (χ3n) is 7.02. The van der Waals surface area contributed by atoms with Gasteiger partial charge in [0.15, 0.2) is 0 Å². The molecule has 0 spiro atoms. The fraction of sp³-hybridized carbons (Fsp3) is 0. The lowest BCUT2D eigenvalue weighted by Crippen LogP contribution is -1.94. The molecule has 7 rings (SSSR count). The molecule has 1 aromatic heterocycles. The van der Waals surface area contributed by atoms with Crippen LogP contribution in [0.5, 0.6) is 0 Å². The maximum atomic E-state index is 3.61. The summed E-state index contributed by atoms with van der Waals surface area (Å²) in [5, 5.41) is 5.05. The van der Waals surface area contributed by atoms with Crippen LogP contribution in [0.1, 0.15) is 0 Å². The minimum atomic E-state index is 1.09. The predicted molar refractivity (Wildman–Crippen MR) is 157 cm³/mol. The first kappa shape index (κ1) is 21.2. The molecule has 1 heterocycles. The van der Waals surface area contributed by atoms with Crippen LogP contribution in [0.2, 0.25) is 0 Å². The van der Waals surface area contributed by atoms with Crippen LogP contribution in [-0.2, 0) is 0 Å². The van der Waals surface area contributed by atoms with Gasteiger partial charge >= 0.3 is 0 Å². The molecule has 0 aliphatic heterocycles. The van der Waals surface area contributed by atoms with Crippen LogP contribution < -0.4 is 0 Å². The number of nitrogens with zero attached hydrogens (tertiary/aromatic N) is 1. The molecule has 0 fully saturated rings. The van der Waals surface area contributed by atoms with Crippen molar-refractivity contribution in [2.45, 2.75) is 0 Å². The number of benzene rings is 6. The molecule has 0 unspecified atom stereocenters. The average Bonchev–Trinajstić information content (AvgIpc) is 3.26. The summed E-state index contributed by atoms with van der Waals surface area (Å²) in [4.78, 5) is 0. The highest BCUT2D eigenvalue weighted by Crippen LogP contribution is 2.36. The van der Waals surface area contributed by atoms with E-state index in [4.69, 9.17) is 0 Å². The molecule has 0 aliphatic rings. The average molecular weight is 524 g/mol. The topological polar surface area (TPSA) is 4.93 Å². The monoisotopic (exact) mass is 523 g/mol. The summed E-state index contributed by atoms with van der Waals surface area (Å²) >= 11 is 3.61. The van der Waals surface area contributed by atoms with Gasteiger partial charge in [-0.25, -0.2) is 0 Å². The Labute approximate surface area is 218 Å². The molecule has 0 aliphatic carbocycles. The summed E-state index contributed by atoms with van der Waals surface area (Å²) in [5.74, 6) is 0. The molecule has 0 saturated carbocycles. The Morgan fingerprint density at radius 3 is 1.92 bits per heavy atom. The van der Waals surface area contributed by atoms with E-state index in [1.165, 1.54) is 60.5 Å². The quantitative estimate of drug-likeness (QED) is 0.217. The van der Waals surface area contributed by atoms with Crippen LogP contribution in [0.4, 0.5) is 0 Å². The van der Waals surface area contributed by atoms with E-state index in [1.807, 2.05) is 0 Å². The highest BCUT2D eigenvalue weighted by molar-refractivity contribution is 9.10. The van der Waals surface area contributed by atoms with Crippen molar-refractivity contribution in [3.8, 4) is 27.9 Å². The molecule has 0 N–H and O–H groups in total. The van der Waals surface area contributed by atoms with Crippen molar-refractivity contribution >= 4 is 48.5 Å². The predicted octanol–water partition coefficient (Wildman–Crippen LogP) is 10.0. The molecule has 2 heteroatoms. The number of rotatable bonds is 3. The van der Waals surface area contributed by atoms with Crippen LogP contribution in [0, 0.1) is 0 Å². The van der Waals surface area contributed by atoms with Crippen molar-refractivity contribution in [2.75, 3.05) is 0 Å². The number of aromatic nitrogens is 1. The van der Waals surface area contributed by atoms with Crippen LogP contribution in [0.15, 0.2) is 138 Å². The van der Waals surface area contributed by atoms with Gasteiger partial charge in [0.1, 0.15) is 0 Å². The maximum Gasteiger partial charge on any atom is 0.0547 e. The van der Waals surface area contributed by atoms with Crippen molar-refractivity contribution in [1.29, 1.82) is 0 Å². The normalized spacial score (nSPS) is 11.5. The van der Waals surface area contributed by atoms with E-state index < -0.39 is 0 Å². The Kier molecular flexibility index (Phi) is 5.00. The largest absolute Gasteiger partial charge is 0.309 e. The molecule has 36 heavy (non-hydrogen) atoms. The lowest BCUT2D eigenvalue weighted by atomic mass is 9.98. The Morgan fingerprint density at radius 2 is 1.08 bits per heavy atom. The van der Waals surface area contributed by atoms with E-state index in [0.29, 0.717) is 0 Å². The highest BCUT2D eigenvalue weighted by atomic mass is 79.9. The zero-order chi connectivity index (χ0) is 24.1. The molecule has 7 aromatic rings. The Hall–Kier alpha value is -4.14. The highest BCUT2D eigenvalue weighted by Gasteiger charge is 2.14. The summed E-state index contributed by atoms with van der Waals surface area (Å²) < 4.78 is 3.49. The second-order valence-electron chi connectivity index (χ2n) is 9.21. The first-order valence-electron chi connectivity index (χ1n) is 12.1. The van der Waals surface area contributed by atoms with Crippen molar-refractivity contribution in [1.82, 2.24) is 4.57 Å². The Balaban J connectivity index is 1.45. The second-order valence-corrected chi connectivity index (χ2v) is 10.1. The smallest absolute Gasteiger partial charge is 0.0547 e. The van der Waals surface area contributed by atoms with Crippen LogP contribution in [0.3, 0.4) is 0 Å². The van der Waals surface area contributed by atoms with Crippen LogP contribution in [0.25, 0.3) is 60.5 Å². The molecule has 6 aromatic carbocycles. The number of hydrogen-bond donors (Lipinski definition) is 0. The standard InChI is InChI=1S/C34H22BrN/c35-29-12-6-11-26(20-29)24-9-5-10-25(19-24)28-16-18-32-31-13-3-4-14-33(31)36(34(32)22-28)30-17-15-23-7-1-2-8-27(23)21-30/h1-22H. The van der Waals surface area contributed by atoms with Gasteiger partial charge in [-0.05, 0) is 75.5 Å².